The number of hydrogen-bond acceptors (Lipinski definition) is 3. The lowest BCUT2D eigenvalue weighted by Gasteiger charge is -2.20. The maximum absolute atomic E-state index is 12.5. The van der Waals surface area contributed by atoms with Crippen molar-refractivity contribution in [3.05, 3.63) is 35.4 Å². The van der Waals surface area contributed by atoms with E-state index in [1.807, 2.05) is 0 Å². The van der Waals surface area contributed by atoms with Crippen molar-refractivity contribution in [2.45, 2.75) is 39.1 Å². The lowest BCUT2D eigenvalue weighted by molar-refractivity contribution is -0.153. The molecule has 0 heterocycles. The molecule has 0 unspecified atom stereocenters. The zero-order valence-electron chi connectivity index (χ0n) is 14.1. The number of guanidine groups is 1. The van der Waals surface area contributed by atoms with Crippen LogP contribution in [0.25, 0.3) is 0 Å². The number of esters is 1. The first-order chi connectivity index (χ1) is 11.0. The number of carbonyl (C=O) groups is 1. The van der Waals surface area contributed by atoms with Gasteiger partial charge in [-0.1, -0.05) is 12.1 Å². The van der Waals surface area contributed by atoms with Gasteiger partial charge in [-0.25, -0.2) is 0 Å². The fraction of sp³-hybridized carbons (Fsp3) is 0.500. The number of carbonyl (C=O) groups excluding carboxylic acids is 1. The highest BCUT2D eigenvalue weighted by molar-refractivity contribution is 5.84. The Balaban J connectivity index is 2.48. The van der Waals surface area contributed by atoms with Crippen LogP contribution in [0.3, 0.4) is 0 Å². The number of halogens is 3. The second-order valence-electron chi connectivity index (χ2n) is 6.06. The topological polar surface area (TPSA) is 62.7 Å². The van der Waals surface area contributed by atoms with Crippen molar-refractivity contribution in [2.75, 3.05) is 13.6 Å². The summed E-state index contributed by atoms with van der Waals surface area (Å²) in [7, 11) is 1.52. The van der Waals surface area contributed by atoms with Gasteiger partial charge < -0.3 is 15.4 Å². The lowest BCUT2D eigenvalue weighted by atomic mass is 10.1. The van der Waals surface area contributed by atoms with Crippen molar-refractivity contribution in [2.24, 2.45) is 4.99 Å². The van der Waals surface area contributed by atoms with Crippen molar-refractivity contribution in [3.63, 3.8) is 0 Å². The van der Waals surface area contributed by atoms with Gasteiger partial charge in [-0.2, -0.15) is 13.2 Å². The van der Waals surface area contributed by atoms with Gasteiger partial charge in [-0.3, -0.25) is 9.79 Å². The number of ether oxygens (including phenoxy) is 1. The van der Waals surface area contributed by atoms with Crippen LogP contribution in [0.2, 0.25) is 0 Å². The van der Waals surface area contributed by atoms with Crippen LogP contribution >= 0.6 is 0 Å². The van der Waals surface area contributed by atoms with Crippen molar-refractivity contribution in [3.8, 4) is 0 Å². The van der Waals surface area contributed by atoms with Crippen LogP contribution in [-0.4, -0.2) is 31.1 Å². The first-order valence-electron chi connectivity index (χ1n) is 7.34. The molecule has 8 heteroatoms. The van der Waals surface area contributed by atoms with E-state index in [4.69, 9.17) is 4.74 Å². The summed E-state index contributed by atoms with van der Waals surface area (Å²) >= 11 is 0. The van der Waals surface area contributed by atoms with Crippen molar-refractivity contribution < 1.29 is 22.7 Å². The number of hydrogen-bond donors (Lipinski definition) is 2. The molecule has 0 fully saturated rings. The highest BCUT2D eigenvalue weighted by Gasteiger charge is 2.29. The van der Waals surface area contributed by atoms with Crippen LogP contribution in [0.5, 0.6) is 0 Å². The van der Waals surface area contributed by atoms with Crippen LogP contribution in [-0.2, 0) is 22.3 Å². The number of nitrogens with zero attached hydrogens (tertiary/aromatic N) is 1. The van der Waals surface area contributed by atoms with E-state index >= 15 is 0 Å². The average molecular weight is 345 g/mol. The summed E-state index contributed by atoms with van der Waals surface area (Å²) in [6, 6.07) is 4.82. The second kappa shape index (κ2) is 8.03. The van der Waals surface area contributed by atoms with Gasteiger partial charge in [0.15, 0.2) is 5.96 Å². The van der Waals surface area contributed by atoms with Crippen LogP contribution in [0.4, 0.5) is 13.2 Å². The molecule has 0 saturated heterocycles. The maximum atomic E-state index is 12.5. The third-order valence-electron chi connectivity index (χ3n) is 2.79. The second-order valence-corrected chi connectivity index (χ2v) is 6.06. The fourth-order valence-corrected chi connectivity index (χ4v) is 1.75. The van der Waals surface area contributed by atoms with E-state index in [0.29, 0.717) is 11.5 Å². The molecule has 1 aromatic rings. The van der Waals surface area contributed by atoms with Gasteiger partial charge in [0.1, 0.15) is 12.1 Å². The zero-order valence-corrected chi connectivity index (χ0v) is 14.1. The molecule has 5 nitrogen and oxygen atoms in total. The van der Waals surface area contributed by atoms with Crippen LogP contribution in [0.1, 0.15) is 31.9 Å². The molecule has 134 valence electrons. The molecule has 0 saturated carbocycles. The van der Waals surface area contributed by atoms with Crippen molar-refractivity contribution in [1.82, 2.24) is 10.6 Å². The highest BCUT2D eigenvalue weighted by atomic mass is 19.4. The number of alkyl halides is 3. The Bertz CT molecular complexity index is 576. The molecule has 0 amide bonds. The summed E-state index contributed by atoms with van der Waals surface area (Å²) in [5, 5.41) is 5.69. The first kappa shape index (κ1) is 19.8. The van der Waals surface area contributed by atoms with Gasteiger partial charge in [0.25, 0.3) is 0 Å². The minimum atomic E-state index is -4.35. The van der Waals surface area contributed by atoms with Gasteiger partial charge in [-0.15, -0.1) is 0 Å². The van der Waals surface area contributed by atoms with Crippen molar-refractivity contribution >= 4 is 11.9 Å². The predicted octanol–water partition coefficient (Wildman–Crippen LogP) is 2.71. The third-order valence-corrected chi connectivity index (χ3v) is 2.79. The number of benzene rings is 1. The Labute approximate surface area is 139 Å². The SMILES string of the molecule is CN=C(NCC(=O)OC(C)(C)C)NCc1ccc(C(F)(F)F)cc1. The van der Waals surface area contributed by atoms with Crippen LogP contribution in [0.15, 0.2) is 29.3 Å². The largest absolute Gasteiger partial charge is 0.459 e. The highest BCUT2D eigenvalue weighted by Crippen LogP contribution is 2.28. The summed E-state index contributed by atoms with van der Waals surface area (Å²) in [4.78, 5) is 15.5. The molecule has 0 radical (unpaired) electrons. The summed E-state index contributed by atoms with van der Waals surface area (Å²) in [5.74, 6) is -0.0827. The minimum absolute atomic E-state index is 0.0655. The normalized spacial score (nSPS) is 12.7. The van der Waals surface area contributed by atoms with Gasteiger partial charge >= 0.3 is 12.1 Å². The van der Waals surface area contributed by atoms with Crippen LogP contribution in [0, 0.1) is 0 Å². The van der Waals surface area contributed by atoms with Gasteiger partial charge in [0.2, 0.25) is 0 Å². The molecule has 0 aromatic heterocycles. The summed E-state index contributed by atoms with van der Waals surface area (Å²) in [6.07, 6.45) is -4.35. The quantitative estimate of drug-likeness (QED) is 0.500. The average Bonchev–Trinajstić information content (AvgIpc) is 2.45. The molecule has 0 aliphatic carbocycles. The maximum Gasteiger partial charge on any atom is 0.416 e. The Kier molecular flexibility index (Phi) is 6.62. The van der Waals surface area contributed by atoms with E-state index in [0.717, 1.165) is 12.1 Å². The number of nitrogens with one attached hydrogen (secondary N) is 2. The van der Waals surface area contributed by atoms with Gasteiger partial charge in [0, 0.05) is 13.6 Å². The van der Waals surface area contributed by atoms with Crippen LogP contribution < -0.4 is 10.6 Å². The van der Waals surface area contributed by atoms with Crippen molar-refractivity contribution in [1.29, 1.82) is 0 Å². The predicted molar refractivity (Wildman–Crippen MR) is 85.5 cm³/mol. The molecular formula is C16H22F3N3O2. The molecule has 0 atom stereocenters. The minimum Gasteiger partial charge on any atom is -0.459 e. The number of rotatable bonds is 4. The summed E-state index contributed by atoms with van der Waals surface area (Å²) < 4.78 is 42.6. The van der Waals surface area contributed by atoms with Gasteiger partial charge in [0.05, 0.1) is 5.56 Å². The summed E-state index contributed by atoms with van der Waals surface area (Å²) in [6.45, 7) is 5.50. The fourth-order valence-electron chi connectivity index (χ4n) is 1.75. The zero-order chi connectivity index (χ0) is 18.4. The summed E-state index contributed by atoms with van der Waals surface area (Å²) in [5.41, 5.74) is -0.613. The van der Waals surface area contributed by atoms with E-state index in [-0.39, 0.29) is 13.1 Å². The Hall–Kier alpha value is -2.25. The molecule has 24 heavy (non-hydrogen) atoms. The number of aliphatic imine (C=N–C) groups is 1. The molecular weight excluding hydrogens is 323 g/mol. The molecule has 1 rings (SSSR count). The van der Waals surface area contributed by atoms with Gasteiger partial charge in [-0.05, 0) is 38.5 Å². The standard InChI is InChI=1S/C16H22F3N3O2/c1-15(2,3)24-13(23)10-22-14(20-4)21-9-11-5-7-12(8-6-11)16(17,18)19/h5-8H,9-10H2,1-4H3,(H2,20,21,22). The Morgan fingerprint density at radius 2 is 1.71 bits per heavy atom. The molecule has 0 aliphatic rings. The Morgan fingerprint density at radius 1 is 1.12 bits per heavy atom. The molecule has 0 spiro atoms. The Morgan fingerprint density at radius 3 is 2.17 bits per heavy atom. The van der Waals surface area contributed by atoms with E-state index in [1.54, 1.807) is 20.8 Å². The third kappa shape index (κ3) is 7.34. The van der Waals surface area contributed by atoms with E-state index < -0.39 is 23.3 Å². The monoisotopic (exact) mass is 345 g/mol. The van der Waals surface area contributed by atoms with E-state index in [9.17, 15) is 18.0 Å². The van der Waals surface area contributed by atoms with E-state index in [1.165, 1.54) is 19.2 Å². The van der Waals surface area contributed by atoms with E-state index in [2.05, 4.69) is 15.6 Å². The lowest BCUT2D eigenvalue weighted by Crippen LogP contribution is -2.41. The molecule has 0 bridgehead atoms. The molecule has 2 N–H and O–H groups in total. The first-order valence-corrected chi connectivity index (χ1v) is 7.34. The molecule has 1 aromatic carbocycles. The smallest absolute Gasteiger partial charge is 0.416 e. The molecule has 0 aliphatic heterocycles.